The van der Waals surface area contributed by atoms with E-state index in [-0.39, 0.29) is 0 Å². The van der Waals surface area contributed by atoms with Crippen LogP contribution in [0.3, 0.4) is 0 Å². The van der Waals surface area contributed by atoms with Crippen LogP contribution in [0, 0.1) is 0 Å². The quantitative estimate of drug-likeness (QED) is 0.807. The molecule has 0 fully saturated rings. The van der Waals surface area contributed by atoms with Crippen molar-refractivity contribution in [2.24, 2.45) is 0 Å². The first-order valence-electron chi connectivity index (χ1n) is 5.96. The predicted molar refractivity (Wildman–Crippen MR) is 82.3 cm³/mol. The minimum Gasteiger partial charge on any atom is -0.380 e. The lowest BCUT2D eigenvalue weighted by atomic mass is 10.1. The minimum atomic E-state index is 0.743. The van der Waals surface area contributed by atoms with Gasteiger partial charge in [-0.25, -0.2) is 0 Å². The van der Waals surface area contributed by atoms with Crippen molar-refractivity contribution in [3.05, 3.63) is 63.1 Å². The highest BCUT2D eigenvalue weighted by Gasteiger charge is 2.03. The number of hydrogen-bond acceptors (Lipinski definition) is 1. The normalized spacial score (nSPS) is 10.4. The van der Waals surface area contributed by atoms with Crippen LogP contribution < -0.4 is 5.32 Å². The van der Waals surface area contributed by atoms with Crippen LogP contribution in [0.4, 0.5) is 5.69 Å². The Balaban J connectivity index is 2.14. The molecule has 0 aliphatic carbocycles. The van der Waals surface area contributed by atoms with Crippen LogP contribution in [0.25, 0.3) is 0 Å². The SMILES string of the molecule is CCc1ccccc1CNc1cc(Br)ccc1Cl. The summed E-state index contributed by atoms with van der Waals surface area (Å²) in [5.74, 6) is 0. The molecule has 2 rings (SSSR count). The van der Waals surface area contributed by atoms with E-state index in [9.17, 15) is 0 Å². The van der Waals surface area contributed by atoms with Crippen molar-refractivity contribution in [3.63, 3.8) is 0 Å². The molecule has 1 nitrogen and oxygen atoms in total. The first kappa shape index (κ1) is 13.4. The third kappa shape index (κ3) is 3.27. The van der Waals surface area contributed by atoms with E-state index in [1.165, 1.54) is 11.1 Å². The predicted octanol–water partition coefficient (Wildman–Crippen LogP) is 5.28. The van der Waals surface area contributed by atoms with Crippen LogP contribution in [0.5, 0.6) is 0 Å². The molecule has 0 aliphatic heterocycles. The Morgan fingerprint density at radius 2 is 1.83 bits per heavy atom. The molecule has 94 valence electrons. The van der Waals surface area contributed by atoms with E-state index in [1.54, 1.807) is 0 Å². The molecule has 18 heavy (non-hydrogen) atoms. The van der Waals surface area contributed by atoms with Crippen molar-refractivity contribution in [2.75, 3.05) is 5.32 Å². The average molecular weight is 325 g/mol. The molecule has 0 aliphatic rings. The van der Waals surface area contributed by atoms with Crippen LogP contribution in [0.15, 0.2) is 46.9 Å². The van der Waals surface area contributed by atoms with Gasteiger partial charge in [-0.2, -0.15) is 0 Å². The third-order valence-electron chi connectivity index (χ3n) is 2.90. The summed E-state index contributed by atoms with van der Waals surface area (Å²) in [6, 6.07) is 14.3. The fourth-order valence-electron chi connectivity index (χ4n) is 1.90. The molecule has 0 saturated heterocycles. The topological polar surface area (TPSA) is 12.0 Å². The van der Waals surface area contributed by atoms with E-state index < -0.39 is 0 Å². The molecular formula is C15H15BrClN. The Labute approximate surface area is 121 Å². The second-order valence-corrected chi connectivity index (χ2v) is 5.42. The molecule has 1 N–H and O–H groups in total. The summed E-state index contributed by atoms with van der Waals surface area (Å²) in [5.41, 5.74) is 3.64. The first-order valence-corrected chi connectivity index (χ1v) is 7.13. The number of rotatable bonds is 4. The number of benzene rings is 2. The number of nitrogens with one attached hydrogen (secondary N) is 1. The van der Waals surface area contributed by atoms with Gasteiger partial charge < -0.3 is 5.32 Å². The maximum atomic E-state index is 6.15. The first-order chi connectivity index (χ1) is 8.70. The highest BCUT2D eigenvalue weighted by molar-refractivity contribution is 9.10. The lowest BCUT2D eigenvalue weighted by Gasteiger charge is -2.11. The summed E-state index contributed by atoms with van der Waals surface area (Å²) in [6.45, 7) is 2.96. The van der Waals surface area contributed by atoms with Crippen molar-refractivity contribution in [3.8, 4) is 0 Å². The van der Waals surface area contributed by atoms with Crippen molar-refractivity contribution >= 4 is 33.2 Å². The van der Waals surface area contributed by atoms with Gasteiger partial charge in [-0.15, -0.1) is 0 Å². The second kappa shape index (κ2) is 6.26. The molecule has 2 aromatic carbocycles. The summed E-state index contributed by atoms with van der Waals surface area (Å²) >= 11 is 9.60. The third-order valence-corrected chi connectivity index (χ3v) is 3.72. The summed E-state index contributed by atoms with van der Waals surface area (Å²) in [6.07, 6.45) is 1.05. The Morgan fingerprint density at radius 1 is 1.11 bits per heavy atom. The molecule has 0 unspecified atom stereocenters. The van der Waals surface area contributed by atoms with E-state index in [1.807, 2.05) is 18.2 Å². The fourth-order valence-corrected chi connectivity index (χ4v) is 2.44. The van der Waals surface area contributed by atoms with Crippen LogP contribution in [0.2, 0.25) is 5.02 Å². The van der Waals surface area contributed by atoms with Gasteiger partial charge in [-0.3, -0.25) is 0 Å². The fraction of sp³-hybridized carbons (Fsp3) is 0.200. The summed E-state index contributed by atoms with van der Waals surface area (Å²) in [5, 5.41) is 4.13. The van der Waals surface area contributed by atoms with Gasteiger partial charge in [0.15, 0.2) is 0 Å². The lowest BCUT2D eigenvalue weighted by Crippen LogP contribution is -2.02. The largest absolute Gasteiger partial charge is 0.380 e. The van der Waals surface area contributed by atoms with Crippen LogP contribution in [-0.4, -0.2) is 0 Å². The Kier molecular flexibility index (Phi) is 4.67. The number of hydrogen-bond donors (Lipinski definition) is 1. The molecule has 3 heteroatoms. The van der Waals surface area contributed by atoms with E-state index in [0.29, 0.717) is 0 Å². The molecule has 0 amide bonds. The smallest absolute Gasteiger partial charge is 0.0638 e. The van der Waals surface area contributed by atoms with Crippen LogP contribution >= 0.6 is 27.5 Å². The van der Waals surface area contributed by atoms with Gasteiger partial charge in [0.25, 0.3) is 0 Å². The number of aryl methyl sites for hydroxylation is 1. The zero-order valence-electron chi connectivity index (χ0n) is 10.2. The van der Waals surface area contributed by atoms with Gasteiger partial charge in [0.2, 0.25) is 0 Å². The molecule has 0 bridgehead atoms. The van der Waals surface area contributed by atoms with Crippen molar-refractivity contribution in [2.45, 2.75) is 19.9 Å². The van der Waals surface area contributed by atoms with Gasteiger partial charge in [0.05, 0.1) is 10.7 Å². The van der Waals surface area contributed by atoms with Gasteiger partial charge in [0, 0.05) is 11.0 Å². The monoisotopic (exact) mass is 323 g/mol. The summed E-state index contributed by atoms with van der Waals surface area (Å²) < 4.78 is 1.03. The van der Waals surface area contributed by atoms with Crippen molar-refractivity contribution in [1.82, 2.24) is 0 Å². The molecule has 0 atom stereocenters. The highest BCUT2D eigenvalue weighted by Crippen LogP contribution is 2.26. The van der Waals surface area contributed by atoms with Crippen molar-refractivity contribution in [1.29, 1.82) is 0 Å². The molecule has 2 aromatic rings. The summed E-state index contributed by atoms with van der Waals surface area (Å²) in [7, 11) is 0. The van der Waals surface area contributed by atoms with Gasteiger partial charge in [0.1, 0.15) is 0 Å². The van der Waals surface area contributed by atoms with E-state index >= 15 is 0 Å². The van der Waals surface area contributed by atoms with E-state index in [0.717, 1.165) is 28.1 Å². The van der Waals surface area contributed by atoms with E-state index in [2.05, 4.69) is 52.4 Å². The molecule has 0 aromatic heterocycles. The van der Waals surface area contributed by atoms with Gasteiger partial charge in [-0.05, 0) is 35.7 Å². The molecule has 0 saturated carbocycles. The maximum Gasteiger partial charge on any atom is 0.0638 e. The average Bonchev–Trinajstić information content (AvgIpc) is 2.40. The van der Waals surface area contributed by atoms with Crippen LogP contribution in [0.1, 0.15) is 18.1 Å². The molecule has 0 radical (unpaired) electrons. The Morgan fingerprint density at radius 3 is 2.56 bits per heavy atom. The number of halogens is 2. The Bertz CT molecular complexity index is 540. The van der Waals surface area contributed by atoms with Crippen LogP contribution in [-0.2, 0) is 13.0 Å². The maximum absolute atomic E-state index is 6.15. The summed E-state index contributed by atoms with van der Waals surface area (Å²) in [4.78, 5) is 0. The zero-order chi connectivity index (χ0) is 13.0. The van der Waals surface area contributed by atoms with Gasteiger partial charge in [-0.1, -0.05) is 58.7 Å². The van der Waals surface area contributed by atoms with Crippen molar-refractivity contribution < 1.29 is 0 Å². The minimum absolute atomic E-state index is 0.743. The molecule has 0 spiro atoms. The standard InChI is InChI=1S/C15H15BrClN/c1-2-11-5-3-4-6-12(11)10-18-15-9-13(16)7-8-14(15)17/h3-9,18H,2,10H2,1H3. The van der Waals surface area contributed by atoms with E-state index in [4.69, 9.17) is 11.6 Å². The Hall–Kier alpha value is -0.990. The second-order valence-electron chi connectivity index (χ2n) is 4.10. The van der Waals surface area contributed by atoms with Gasteiger partial charge >= 0.3 is 0 Å². The highest BCUT2D eigenvalue weighted by atomic mass is 79.9. The lowest BCUT2D eigenvalue weighted by molar-refractivity contribution is 1.04. The zero-order valence-corrected chi connectivity index (χ0v) is 12.6. The molecule has 0 heterocycles. The number of anilines is 1. The molecular weight excluding hydrogens is 310 g/mol.